The van der Waals surface area contributed by atoms with E-state index in [0.29, 0.717) is 18.3 Å². The molecule has 4 heteroatoms. The molecule has 0 fully saturated rings. The van der Waals surface area contributed by atoms with Crippen molar-refractivity contribution in [2.24, 2.45) is 5.92 Å². The number of hydrogen-bond acceptors (Lipinski definition) is 4. The third kappa shape index (κ3) is 9.74. The normalized spacial score (nSPS) is 17.9. The Kier molecular flexibility index (Phi) is 13.2. The Hall–Kier alpha value is -4.28. The summed E-state index contributed by atoms with van der Waals surface area (Å²) >= 11 is 0. The number of nitrogens with zero attached hydrogens (tertiary/aromatic N) is 1. The van der Waals surface area contributed by atoms with Crippen molar-refractivity contribution in [1.29, 1.82) is 0 Å². The van der Waals surface area contributed by atoms with E-state index in [-0.39, 0.29) is 11.5 Å². The van der Waals surface area contributed by atoms with E-state index in [0.717, 1.165) is 49.3 Å². The Morgan fingerprint density at radius 2 is 1.51 bits per heavy atom. The third-order valence-electron chi connectivity index (χ3n) is 10.4. The summed E-state index contributed by atoms with van der Waals surface area (Å²) in [5.41, 5.74) is 9.83. The Balaban J connectivity index is 0.000000201. The number of phenolic OH excluding ortho intramolecular Hbond substituents is 1. The molecule has 1 heterocycles. The Morgan fingerprint density at radius 1 is 0.863 bits per heavy atom. The van der Waals surface area contributed by atoms with Crippen molar-refractivity contribution >= 4 is 11.1 Å². The second-order valence-electron chi connectivity index (χ2n) is 15.0. The lowest BCUT2D eigenvalue weighted by Gasteiger charge is -2.46. The zero-order valence-corrected chi connectivity index (χ0v) is 32.0. The van der Waals surface area contributed by atoms with Gasteiger partial charge in [0.1, 0.15) is 29.5 Å². The number of benzene rings is 4. The van der Waals surface area contributed by atoms with Gasteiger partial charge in [0.2, 0.25) is 0 Å². The van der Waals surface area contributed by atoms with Crippen LogP contribution in [0.15, 0.2) is 109 Å². The molecule has 2 aliphatic rings. The van der Waals surface area contributed by atoms with Crippen molar-refractivity contribution in [3.63, 3.8) is 0 Å². The van der Waals surface area contributed by atoms with Crippen LogP contribution in [-0.2, 0) is 6.42 Å². The van der Waals surface area contributed by atoms with Crippen LogP contribution in [-0.4, -0.2) is 42.9 Å². The number of fused-ring (bicyclic) bond motifs is 3. The number of allylic oxidation sites excluding steroid dienone is 3. The molecular formula is C47H59NO3. The molecule has 1 aliphatic carbocycles. The topological polar surface area (TPSA) is 41.9 Å². The summed E-state index contributed by atoms with van der Waals surface area (Å²) in [6, 6.07) is 34.0. The van der Waals surface area contributed by atoms with Crippen LogP contribution in [0, 0.1) is 5.92 Å². The van der Waals surface area contributed by atoms with Crippen molar-refractivity contribution in [1.82, 2.24) is 4.90 Å². The van der Waals surface area contributed by atoms with Gasteiger partial charge in [-0.15, -0.1) is 0 Å². The van der Waals surface area contributed by atoms with Crippen molar-refractivity contribution in [3.05, 3.63) is 137 Å². The minimum absolute atomic E-state index is 0.177. The summed E-state index contributed by atoms with van der Waals surface area (Å²) in [5.74, 6) is 2.96. The van der Waals surface area contributed by atoms with Crippen LogP contribution in [0.25, 0.3) is 11.1 Å². The first-order valence-corrected chi connectivity index (χ1v) is 19.0. The minimum atomic E-state index is -0.177. The minimum Gasteiger partial charge on any atom is -0.507 e. The molecule has 51 heavy (non-hydrogen) atoms. The molecular weight excluding hydrogens is 627 g/mol. The molecule has 0 aromatic heterocycles. The average Bonchev–Trinajstić information content (AvgIpc) is 3.11. The fraction of sp³-hybridized carbons (Fsp3) is 0.404. The van der Waals surface area contributed by atoms with Crippen molar-refractivity contribution in [2.75, 3.05) is 27.2 Å². The number of ether oxygens (including phenoxy) is 2. The molecule has 0 amide bonds. The van der Waals surface area contributed by atoms with Gasteiger partial charge in [-0.05, 0) is 125 Å². The number of aromatic hydroxyl groups is 1. The van der Waals surface area contributed by atoms with Crippen LogP contribution >= 0.6 is 0 Å². The maximum Gasteiger partial charge on any atom is 0.127 e. The van der Waals surface area contributed by atoms with Crippen LogP contribution in [0.5, 0.6) is 17.2 Å². The van der Waals surface area contributed by atoms with E-state index in [1.54, 1.807) is 0 Å². The first kappa shape index (κ1) is 38.0. The van der Waals surface area contributed by atoms with E-state index in [9.17, 15) is 5.11 Å². The van der Waals surface area contributed by atoms with E-state index in [2.05, 4.69) is 151 Å². The Bertz CT molecular complexity index is 1750. The van der Waals surface area contributed by atoms with Gasteiger partial charge in [0.05, 0.1) is 0 Å². The van der Waals surface area contributed by atoms with E-state index in [4.69, 9.17) is 9.47 Å². The van der Waals surface area contributed by atoms with Gasteiger partial charge in [0, 0.05) is 23.9 Å². The molecule has 0 radical (unpaired) electrons. The zero-order valence-electron chi connectivity index (χ0n) is 32.0. The van der Waals surface area contributed by atoms with Gasteiger partial charge in [0.25, 0.3) is 0 Å². The molecule has 0 bridgehead atoms. The van der Waals surface area contributed by atoms with Gasteiger partial charge >= 0.3 is 0 Å². The van der Waals surface area contributed by atoms with Gasteiger partial charge < -0.3 is 19.5 Å². The summed E-state index contributed by atoms with van der Waals surface area (Å²) < 4.78 is 12.2. The molecule has 2 atom stereocenters. The quantitative estimate of drug-likeness (QED) is 0.0915. The number of hydrogen-bond donors (Lipinski definition) is 1. The fourth-order valence-electron chi connectivity index (χ4n) is 7.65. The standard InChI is InChI=1S/C26H29NO.C21H30O2/c1-4-25(21-11-7-5-8-12-21)26(22-13-9-6-10-14-22)23-15-17-24(18-16-23)28-20-19-27(2)3;1-5-6-7-8-15-12-18(22)20-16-11-14(2)9-10-17(16)21(3,4)23-19(20)13-15/h5-18H,4,19-20H2,1-3H3;11-13,16-17,22H,5-10H2,1-4H3/b26-25-;/t;16-,17-/m.1/s1. The molecule has 4 aromatic carbocycles. The van der Waals surface area contributed by atoms with E-state index in [1.165, 1.54) is 58.2 Å². The fourth-order valence-corrected chi connectivity index (χ4v) is 7.65. The lowest BCUT2D eigenvalue weighted by molar-refractivity contribution is 0.0107. The van der Waals surface area contributed by atoms with Gasteiger partial charge in [-0.1, -0.05) is 111 Å². The molecule has 0 saturated heterocycles. The number of likely N-dealkylation sites (N-methyl/N-ethyl adjacent to an activating group) is 1. The summed E-state index contributed by atoms with van der Waals surface area (Å²) in [5, 5.41) is 10.7. The number of phenols is 1. The second-order valence-corrected chi connectivity index (χ2v) is 15.0. The Labute approximate surface area is 307 Å². The molecule has 4 nitrogen and oxygen atoms in total. The smallest absolute Gasteiger partial charge is 0.127 e. The van der Waals surface area contributed by atoms with Gasteiger partial charge in [-0.25, -0.2) is 0 Å². The molecule has 0 spiro atoms. The monoisotopic (exact) mass is 685 g/mol. The lowest BCUT2D eigenvalue weighted by atomic mass is 9.68. The molecule has 6 rings (SSSR count). The summed E-state index contributed by atoms with van der Waals surface area (Å²) in [4.78, 5) is 2.12. The van der Waals surface area contributed by atoms with E-state index >= 15 is 0 Å². The molecule has 0 unspecified atom stereocenters. The van der Waals surface area contributed by atoms with Gasteiger partial charge in [-0.2, -0.15) is 0 Å². The van der Waals surface area contributed by atoms with E-state index in [1.807, 2.05) is 6.07 Å². The SMILES string of the molecule is CC/C(=C(\c1ccccc1)c1ccc(OCCN(C)C)cc1)c1ccccc1.CCCCCc1cc(O)c2c(c1)OC(C)(C)[C@@H]1CCC(C)=C[C@@H]21. The van der Waals surface area contributed by atoms with E-state index < -0.39 is 0 Å². The highest BCUT2D eigenvalue weighted by Crippen LogP contribution is 2.53. The molecule has 4 aromatic rings. The predicted octanol–water partition coefficient (Wildman–Crippen LogP) is 11.7. The number of aryl methyl sites for hydroxylation is 1. The van der Waals surface area contributed by atoms with Crippen molar-refractivity contribution < 1.29 is 14.6 Å². The summed E-state index contributed by atoms with van der Waals surface area (Å²) in [6.07, 6.45) is 10.2. The highest BCUT2D eigenvalue weighted by molar-refractivity contribution is 5.98. The highest BCUT2D eigenvalue weighted by atomic mass is 16.5. The van der Waals surface area contributed by atoms with Crippen LogP contribution in [0.2, 0.25) is 0 Å². The van der Waals surface area contributed by atoms with Crippen molar-refractivity contribution in [3.8, 4) is 17.2 Å². The molecule has 0 saturated carbocycles. The van der Waals surface area contributed by atoms with Gasteiger partial charge in [0.15, 0.2) is 0 Å². The predicted molar refractivity (Wildman–Crippen MR) is 215 cm³/mol. The molecule has 1 N–H and O–H groups in total. The number of rotatable bonds is 12. The average molecular weight is 686 g/mol. The van der Waals surface area contributed by atoms with Crippen molar-refractivity contribution in [2.45, 2.75) is 91.1 Å². The van der Waals surface area contributed by atoms with Crippen LogP contribution in [0.1, 0.15) is 107 Å². The maximum atomic E-state index is 10.7. The third-order valence-corrected chi connectivity index (χ3v) is 10.4. The molecule has 1 aliphatic heterocycles. The van der Waals surface area contributed by atoms with Crippen LogP contribution in [0.4, 0.5) is 0 Å². The summed E-state index contributed by atoms with van der Waals surface area (Å²) in [6.45, 7) is 12.6. The highest BCUT2D eigenvalue weighted by Gasteiger charge is 2.45. The summed E-state index contributed by atoms with van der Waals surface area (Å²) in [7, 11) is 4.11. The van der Waals surface area contributed by atoms with Gasteiger partial charge in [-0.3, -0.25) is 0 Å². The number of unbranched alkanes of at least 4 members (excludes halogenated alkanes) is 2. The first-order valence-electron chi connectivity index (χ1n) is 19.0. The first-order chi connectivity index (χ1) is 24.6. The van der Waals surface area contributed by atoms with Crippen LogP contribution < -0.4 is 9.47 Å². The largest absolute Gasteiger partial charge is 0.507 e. The second kappa shape index (κ2) is 17.8. The van der Waals surface area contributed by atoms with Crippen LogP contribution in [0.3, 0.4) is 0 Å². The lowest BCUT2D eigenvalue weighted by Crippen LogP contribution is -2.45. The Morgan fingerprint density at radius 3 is 2.14 bits per heavy atom. The molecule has 270 valence electrons. The maximum absolute atomic E-state index is 10.7. The zero-order chi connectivity index (χ0) is 36.4.